The van der Waals surface area contributed by atoms with E-state index in [9.17, 15) is 9.18 Å². The first-order valence-electron chi connectivity index (χ1n) is 7.24. The van der Waals surface area contributed by atoms with Crippen LogP contribution in [0.25, 0.3) is 17.5 Å². The Labute approximate surface area is 137 Å². The largest absolute Gasteiger partial charge is 0.345 e. The minimum Gasteiger partial charge on any atom is -0.345 e. The molecule has 3 aromatic rings. The normalized spacial score (nSPS) is 10.9. The van der Waals surface area contributed by atoms with Crippen molar-refractivity contribution in [2.75, 3.05) is 0 Å². The number of amides is 1. The van der Waals surface area contributed by atoms with Gasteiger partial charge >= 0.3 is 0 Å². The lowest BCUT2D eigenvalue weighted by Crippen LogP contribution is -2.20. The van der Waals surface area contributed by atoms with Crippen molar-refractivity contribution in [3.63, 3.8) is 0 Å². The molecule has 0 saturated carbocycles. The van der Waals surface area contributed by atoms with Gasteiger partial charge in [-0.15, -0.1) is 0 Å². The van der Waals surface area contributed by atoms with Crippen LogP contribution in [0.2, 0.25) is 0 Å². The highest BCUT2D eigenvalue weighted by atomic mass is 19.1. The van der Waals surface area contributed by atoms with E-state index in [1.165, 1.54) is 18.2 Å². The number of hydrogen-bond acceptors (Lipinski definition) is 4. The van der Waals surface area contributed by atoms with Gasteiger partial charge < -0.3 is 5.32 Å². The van der Waals surface area contributed by atoms with Gasteiger partial charge in [0.1, 0.15) is 11.6 Å². The Balaban J connectivity index is 1.56. The van der Waals surface area contributed by atoms with Crippen molar-refractivity contribution in [1.29, 1.82) is 0 Å². The Morgan fingerprint density at radius 1 is 1.25 bits per heavy atom. The van der Waals surface area contributed by atoms with Gasteiger partial charge in [0.2, 0.25) is 5.91 Å². The third kappa shape index (κ3) is 4.10. The fourth-order valence-electron chi connectivity index (χ4n) is 1.98. The van der Waals surface area contributed by atoms with Crippen LogP contribution in [0.5, 0.6) is 0 Å². The van der Waals surface area contributed by atoms with E-state index in [4.69, 9.17) is 0 Å². The highest BCUT2D eigenvalue weighted by molar-refractivity contribution is 5.91. The highest BCUT2D eigenvalue weighted by Crippen LogP contribution is 2.14. The lowest BCUT2D eigenvalue weighted by Gasteiger charge is -1.98. The van der Waals surface area contributed by atoms with Gasteiger partial charge in [0.15, 0.2) is 5.82 Å². The summed E-state index contributed by atoms with van der Waals surface area (Å²) in [6.07, 6.45) is 6.43. The van der Waals surface area contributed by atoms with E-state index in [1.54, 1.807) is 36.7 Å². The molecule has 1 amide bonds. The zero-order valence-electron chi connectivity index (χ0n) is 12.6. The number of carbonyl (C=O) groups excluding carboxylic acids is 1. The number of nitrogens with zero attached hydrogens (tertiary/aromatic N) is 3. The number of pyridine rings is 1. The number of rotatable bonds is 5. The van der Waals surface area contributed by atoms with Gasteiger partial charge in [-0.3, -0.25) is 14.9 Å². The Kier molecular flexibility index (Phi) is 4.71. The molecular weight excluding hydrogens is 309 g/mol. The number of carbonyl (C=O) groups is 1. The Hall–Kier alpha value is -3.35. The van der Waals surface area contributed by atoms with Gasteiger partial charge in [0.25, 0.3) is 0 Å². The van der Waals surface area contributed by atoms with E-state index in [0.29, 0.717) is 17.2 Å². The van der Waals surface area contributed by atoms with Gasteiger partial charge in [-0.25, -0.2) is 9.37 Å². The molecule has 3 rings (SSSR count). The molecule has 120 valence electrons. The van der Waals surface area contributed by atoms with E-state index in [2.05, 4.69) is 25.5 Å². The number of benzene rings is 1. The Bertz CT molecular complexity index is 843. The van der Waals surface area contributed by atoms with Crippen LogP contribution in [0.3, 0.4) is 0 Å². The van der Waals surface area contributed by atoms with Crippen LogP contribution in [0, 0.1) is 5.82 Å². The van der Waals surface area contributed by atoms with Crippen molar-refractivity contribution in [1.82, 2.24) is 25.5 Å². The first kappa shape index (κ1) is 15.5. The third-order valence-corrected chi connectivity index (χ3v) is 3.18. The molecule has 0 aliphatic carbocycles. The molecule has 6 nitrogen and oxygen atoms in total. The van der Waals surface area contributed by atoms with E-state index >= 15 is 0 Å². The summed E-state index contributed by atoms with van der Waals surface area (Å²) in [5.41, 5.74) is 1.53. The molecular formula is C17H14FN5O. The van der Waals surface area contributed by atoms with E-state index < -0.39 is 0 Å². The summed E-state index contributed by atoms with van der Waals surface area (Å²) in [6.45, 7) is 0.213. The van der Waals surface area contributed by atoms with E-state index in [-0.39, 0.29) is 18.3 Å². The van der Waals surface area contributed by atoms with Crippen molar-refractivity contribution in [3.8, 4) is 11.4 Å². The molecule has 0 aliphatic rings. The lowest BCUT2D eigenvalue weighted by atomic mass is 10.2. The van der Waals surface area contributed by atoms with Crippen LogP contribution in [0.4, 0.5) is 4.39 Å². The molecule has 2 aromatic heterocycles. The summed E-state index contributed by atoms with van der Waals surface area (Å²) in [5.74, 6) is 0.392. The lowest BCUT2D eigenvalue weighted by molar-refractivity contribution is -0.116. The van der Waals surface area contributed by atoms with Crippen LogP contribution in [0.15, 0.2) is 54.9 Å². The summed E-state index contributed by atoms with van der Waals surface area (Å²) < 4.78 is 12.9. The number of H-pyrrole nitrogens is 1. The topological polar surface area (TPSA) is 83.6 Å². The number of hydrogen-bond donors (Lipinski definition) is 2. The SMILES string of the molecule is O=C(/C=C\c1cccnc1)NCc1nc(-c2ccc(F)cc2)n[nH]1. The third-order valence-electron chi connectivity index (χ3n) is 3.18. The quantitative estimate of drug-likeness (QED) is 0.706. The number of halogens is 1. The molecule has 0 spiro atoms. The number of nitrogens with one attached hydrogen (secondary N) is 2. The molecule has 0 atom stereocenters. The van der Waals surface area contributed by atoms with Gasteiger partial charge in [0, 0.05) is 24.0 Å². The number of aromatic amines is 1. The van der Waals surface area contributed by atoms with Crippen LogP contribution in [0.1, 0.15) is 11.4 Å². The smallest absolute Gasteiger partial charge is 0.244 e. The Morgan fingerprint density at radius 3 is 2.83 bits per heavy atom. The minimum absolute atomic E-state index is 0.213. The molecule has 7 heteroatoms. The van der Waals surface area contributed by atoms with Crippen molar-refractivity contribution in [2.45, 2.75) is 6.54 Å². The predicted molar refractivity (Wildman–Crippen MR) is 86.9 cm³/mol. The van der Waals surface area contributed by atoms with Crippen LogP contribution < -0.4 is 5.32 Å². The molecule has 0 saturated heterocycles. The molecule has 2 heterocycles. The second-order valence-electron chi connectivity index (χ2n) is 4.95. The van der Waals surface area contributed by atoms with Gasteiger partial charge in [0.05, 0.1) is 6.54 Å². The Morgan fingerprint density at radius 2 is 2.08 bits per heavy atom. The summed E-state index contributed by atoms with van der Waals surface area (Å²) in [4.78, 5) is 20.0. The summed E-state index contributed by atoms with van der Waals surface area (Å²) in [7, 11) is 0. The molecule has 0 radical (unpaired) electrons. The monoisotopic (exact) mass is 323 g/mol. The molecule has 1 aromatic carbocycles. The van der Waals surface area contributed by atoms with Gasteiger partial charge in [-0.05, 0) is 42.0 Å². The minimum atomic E-state index is -0.317. The van der Waals surface area contributed by atoms with Crippen molar-refractivity contribution in [3.05, 3.63) is 72.1 Å². The second-order valence-corrected chi connectivity index (χ2v) is 4.95. The molecule has 24 heavy (non-hydrogen) atoms. The molecule has 0 fully saturated rings. The highest BCUT2D eigenvalue weighted by Gasteiger charge is 2.06. The summed E-state index contributed by atoms with van der Waals surface area (Å²) in [6, 6.07) is 9.52. The van der Waals surface area contributed by atoms with Crippen molar-refractivity contribution < 1.29 is 9.18 Å². The maximum atomic E-state index is 12.9. The van der Waals surface area contributed by atoms with Crippen LogP contribution in [-0.4, -0.2) is 26.1 Å². The van der Waals surface area contributed by atoms with E-state index in [1.807, 2.05) is 6.07 Å². The fraction of sp³-hybridized carbons (Fsp3) is 0.0588. The summed E-state index contributed by atoms with van der Waals surface area (Å²) in [5, 5.41) is 9.50. The first-order chi connectivity index (χ1) is 11.7. The standard InChI is InChI=1S/C17H14FN5O/c18-14-6-4-13(5-7-14)17-21-15(22-23-17)11-20-16(24)8-3-12-2-1-9-19-10-12/h1-10H,11H2,(H,20,24)(H,21,22,23)/b8-3-. The number of aromatic nitrogens is 4. The average Bonchev–Trinajstić information content (AvgIpc) is 3.09. The second kappa shape index (κ2) is 7.28. The first-order valence-corrected chi connectivity index (χ1v) is 7.24. The molecule has 0 bridgehead atoms. The summed E-state index contributed by atoms with van der Waals surface area (Å²) >= 11 is 0. The maximum absolute atomic E-state index is 12.9. The zero-order valence-corrected chi connectivity index (χ0v) is 12.6. The molecule has 2 N–H and O–H groups in total. The average molecular weight is 323 g/mol. The molecule has 0 aliphatic heterocycles. The maximum Gasteiger partial charge on any atom is 0.244 e. The van der Waals surface area contributed by atoms with Gasteiger partial charge in [-0.2, -0.15) is 5.10 Å². The fourth-order valence-corrected chi connectivity index (χ4v) is 1.98. The van der Waals surface area contributed by atoms with Crippen LogP contribution >= 0.6 is 0 Å². The van der Waals surface area contributed by atoms with Crippen molar-refractivity contribution in [2.24, 2.45) is 0 Å². The molecule has 0 unspecified atom stereocenters. The van der Waals surface area contributed by atoms with Crippen molar-refractivity contribution >= 4 is 12.0 Å². The van der Waals surface area contributed by atoms with Crippen LogP contribution in [-0.2, 0) is 11.3 Å². The van der Waals surface area contributed by atoms with Gasteiger partial charge in [-0.1, -0.05) is 6.07 Å². The zero-order chi connectivity index (χ0) is 16.8. The predicted octanol–water partition coefficient (Wildman–Crippen LogP) is 2.34. The van der Waals surface area contributed by atoms with E-state index in [0.717, 1.165) is 5.56 Å².